The van der Waals surface area contributed by atoms with E-state index in [4.69, 9.17) is 5.73 Å². The predicted octanol–water partition coefficient (Wildman–Crippen LogP) is 2.55. The molecule has 0 bridgehead atoms. The number of aliphatic hydroxyl groups excluding tert-OH is 1. The number of nitrogens with two attached hydrogens (primary N) is 1. The highest BCUT2D eigenvalue weighted by molar-refractivity contribution is 5.96. The minimum absolute atomic E-state index is 0.223. The van der Waals surface area contributed by atoms with E-state index in [1.165, 1.54) is 6.07 Å². The summed E-state index contributed by atoms with van der Waals surface area (Å²) in [6.45, 7) is 0.927. The standard InChI is InChI=1S/C18H18F2N2O2/c19-14-7-6-11(9-15(14)20)17(23)10-22-8-2-4-12-13(18(21)24)3-1-5-16(12)22/h1,3,5-7,9,17,23H,2,4,8,10H2,(H2,21,24). The molecule has 1 aliphatic heterocycles. The lowest BCUT2D eigenvalue weighted by atomic mass is 9.95. The minimum atomic E-state index is -0.985. The lowest BCUT2D eigenvalue weighted by Gasteiger charge is -2.33. The van der Waals surface area contributed by atoms with Gasteiger partial charge in [-0.05, 0) is 48.2 Å². The molecule has 1 heterocycles. The molecule has 0 aliphatic carbocycles. The molecule has 0 radical (unpaired) electrons. The monoisotopic (exact) mass is 332 g/mol. The van der Waals surface area contributed by atoms with E-state index in [1.54, 1.807) is 12.1 Å². The second-order valence-electron chi connectivity index (χ2n) is 5.91. The third-order valence-corrected chi connectivity index (χ3v) is 4.33. The van der Waals surface area contributed by atoms with E-state index in [-0.39, 0.29) is 6.54 Å². The highest BCUT2D eigenvalue weighted by atomic mass is 19.2. The van der Waals surface area contributed by atoms with Gasteiger partial charge in [0.2, 0.25) is 5.91 Å². The summed E-state index contributed by atoms with van der Waals surface area (Å²) in [4.78, 5) is 13.5. The summed E-state index contributed by atoms with van der Waals surface area (Å²) < 4.78 is 26.4. The summed E-state index contributed by atoms with van der Waals surface area (Å²) in [5.74, 6) is -2.41. The fraction of sp³-hybridized carbons (Fsp3) is 0.278. The number of benzene rings is 2. The number of hydrogen-bond donors (Lipinski definition) is 2. The average Bonchev–Trinajstić information content (AvgIpc) is 2.57. The molecular formula is C18H18F2N2O2. The van der Waals surface area contributed by atoms with Crippen LogP contribution in [-0.4, -0.2) is 24.1 Å². The van der Waals surface area contributed by atoms with Crippen LogP contribution in [0.1, 0.15) is 34.0 Å². The average molecular weight is 332 g/mol. The Bertz CT molecular complexity index is 780. The summed E-state index contributed by atoms with van der Waals surface area (Å²) in [6, 6.07) is 8.69. The summed E-state index contributed by atoms with van der Waals surface area (Å²) in [6.07, 6.45) is 0.594. The van der Waals surface area contributed by atoms with E-state index in [1.807, 2.05) is 11.0 Å². The zero-order valence-electron chi connectivity index (χ0n) is 13.0. The second kappa shape index (κ2) is 6.57. The maximum Gasteiger partial charge on any atom is 0.249 e. The molecule has 1 unspecified atom stereocenters. The fourth-order valence-electron chi connectivity index (χ4n) is 3.16. The molecule has 4 nitrogen and oxygen atoms in total. The van der Waals surface area contributed by atoms with Gasteiger partial charge in [-0.3, -0.25) is 4.79 Å². The molecule has 24 heavy (non-hydrogen) atoms. The van der Waals surface area contributed by atoms with E-state index in [0.717, 1.165) is 36.2 Å². The van der Waals surface area contributed by atoms with Crippen molar-refractivity contribution in [3.05, 3.63) is 64.7 Å². The third kappa shape index (κ3) is 3.10. The Morgan fingerprint density at radius 1 is 1.25 bits per heavy atom. The molecule has 1 amide bonds. The Kier molecular flexibility index (Phi) is 4.49. The van der Waals surface area contributed by atoms with Crippen LogP contribution in [0.4, 0.5) is 14.5 Å². The number of rotatable bonds is 4. The Morgan fingerprint density at radius 2 is 2.04 bits per heavy atom. The van der Waals surface area contributed by atoms with E-state index >= 15 is 0 Å². The van der Waals surface area contributed by atoms with Crippen molar-refractivity contribution >= 4 is 11.6 Å². The molecule has 2 aromatic rings. The molecule has 1 aliphatic rings. The van der Waals surface area contributed by atoms with Gasteiger partial charge in [-0.15, -0.1) is 0 Å². The lowest BCUT2D eigenvalue weighted by Crippen LogP contribution is -2.34. The molecule has 0 fully saturated rings. The van der Waals surface area contributed by atoms with Gasteiger partial charge < -0.3 is 15.7 Å². The topological polar surface area (TPSA) is 66.6 Å². The van der Waals surface area contributed by atoms with Crippen molar-refractivity contribution in [3.8, 4) is 0 Å². The van der Waals surface area contributed by atoms with Crippen LogP contribution in [0.3, 0.4) is 0 Å². The number of β-amino-alcohol motifs (C(OH)–C–C–N with tert-alkyl or cyclic N) is 1. The van der Waals surface area contributed by atoms with Crippen molar-refractivity contribution in [2.24, 2.45) is 5.73 Å². The first-order chi connectivity index (χ1) is 11.5. The van der Waals surface area contributed by atoms with Gasteiger partial charge in [0.1, 0.15) is 0 Å². The van der Waals surface area contributed by atoms with Gasteiger partial charge in [0.25, 0.3) is 0 Å². The first kappa shape index (κ1) is 16.4. The van der Waals surface area contributed by atoms with Crippen molar-refractivity contribution < 1.29 is 18.7 Å². The van der Waals surface area contributed by atoms with Crippen molar-refractivity contribution in [3.63, 3.8) is 0 Å². The molecular weight excluding hydrogens is 314 g/mol. The van der Waals surface area contributed by atoms with Crippen LogP contribution >= 0.6 is 0 Å². The highest BCUT2D eigenvalue weighted by Gasteiger charge is 2.23. The van der Waals surface area contributed by atoms with Crippen LogP contribution in [-0.2, 0) is 6.42 Å². The maximum atomic E-state index is 13.3. The van der Waals surface area contributed by atoms with E-state index in [2.05, 4.69) is 0 Å². The Morgan fingerprint density at radius 3 is 2.75 bits per heavy atom. The molecule has 3 N–H and O–H groups in total. The number of carbonyl (C=O) groups is 1. The molecule has 6 heteroatoms. The zero-order valence-corrected chi connectivity index (χ0v) is 13.0. The fourth-order valence-corrected chi connectivity index (χ4v) is 3.16. The van der Waals surface area contributed by atoms with Gasteiger partial charge in [0.05, 0.1) is 6.10 Å². The first-order valence-corrected chi connectivity index (χ1v) is 7.77. The number of anilines is 1. The Labute approximate surface area is 138 Å². The van der Waals surface area contributed by atoms with Crippen LogP contribution in [0.2, 0.25) is 0 Å². The van der Waals surface area contributed by atoms with Gasteiger partial charge in [0, 0.05) is 24.3 Å². The largest absolute Gasteiger partial charge is 0.387 e. The summed E-state index contributed by atoms with van der Waals surface area (Å²) >= 11 is 0. The number of aliphatic hydroxyl groups is 1. The molecule has 1 atom stereocenters. The molecule has 0 saturated carbocycles. The van der Waals surface area contributed by atoms with Gasteiger partial charge in [-0.1, -0.05) is 12.1 Å². The lowest BCUT2D eigenvalue weighted by molar-refractivity contribution is 0.0999. The molecule has 126 valence electrons. The van der Waals surface area contributed by atoms with Gasteiger partial charge in [0.15, 0.2) is 11.6 Å². The van der Waals surface area contributed by atoms with Crippen molar-refractivity contribution in [2.75, 3.05) is 18.0 Å². The number of amides is 1. The van der Waals surface area contributed by atoms with E-state index in [9.17, 15) is 18.7 Å². The predicted molar refractivity (Wildman–Crippen MR) is 86.8 cm³/mol. The van der Waals surface area contributed by atoms with Crippen molar-refractivity contribution in [2.45, 2.75) is 18.9 Å². The molecule has 0 aromatic heterocycles. The number of fused-ring (bicyclic) bond motifs is 1. The maximum absolute atomic E-state index is 13.3. The third-order valence-electron chi connectivity index (χ3n) is 4.33. The second-order valence-corrected chi connectivity index (χ2v) is 5.91. The van der Waals surface area contributed by atoms with Crippen LogP contribution in [0.15, 0.2) is 36.4 Å². The van der Waals surface area contributed by atoms with E-state index in [0.29, 0.717) is 17.7 Å². The van der Waals surface area contributed by atoms with Gasteiger partial charge in [-0.2, -0.15) is 0 Å². The van der Waals surface area contributed by atoms with Crippen molar-refractivity contribution in [1.82, 2.24) is 0 Å². The molecule has 2 aromatic carbocycles. The highest BCUT2D eigenvalue weighted by Crippen LogP contribution is 2.31. The van der Waals surface area contributed by atoms with Gasteiger partial charge >= 0.3 is 0 Å². The van der Waals surface area contributed by atoms with Crippen LogP contribution < -0.4 is 10.6 Å². The summed E-state index contributed by atoms with van der Waals surface area (Å²) in [5.41, 5.74) is 7.94. The summed E-state index contributed by atoms with van der Waals surface area (Å²) in [5, 5.41) is 10.4. The Balaban J connectivity index is 1.86. The van der Waals surface area contributed by atoms with Crippen molar-refractivity contribution in [1.29, 1.82) is 0 Å². The number of halogens is 2. The van der Waals surface area contributed by atoms with Gasteiger partial charge in [-0.25, -0.2) is 8.78 Å². The smallest absolute Gasteiger partial charge is 0.249 e. The normalized spacial score (nSPS) is 15.0. The molecule has 0 spiro atoms. The van der Waals surface area contributed by atoms with Crippen LogP contribution in [0, 0.1) is 11.6 Å². The number of primary amides is 1. The number of nitrogens with zero attached hydrogens (tertiary/aromatic N) is 1. The quantitative estimate of drug-likeness (QED) is 0.904. The SMILES string of the molecule is NC(=O)c1cccc2c1CCCN2CC(O)c1ccc(F)c(F)c1. The first-order valence-electron chi connectivity index (χ1n) is 7.77. The zero-order chi connectivity index (χ0) is 17.3. The number of hydrogen-bond acceptors (Lipinski definition) is 3. The minimum Gasteiger partial charge on any atom is -0.387 e. The molecule has 0 saturated heterocycles. The number of carbonyl (C=O) groups excluding carboxylic acids is 1. The summed E-state index contributed by atoms with van der Waals surface area (Å²) in [7, 11) is 0. The Hall–Kier alpha value is -2.47. The molecule has 3 rings (SSSR count). The van der Waals surface area contributed by atoms with Crippen LogP contribution in [0.25, 0.3) is 0 Å². The van der Waals surface area contributed by atoms with Crippen LogP contribution in [0.5, 0.6) is 0 Å². The van der Waals surface area contributed by atoms with E-state index < -0.39 is 23.6 Å².